The minimum Gasteiger partial charge on any atom is -0.339 e. The molecule has 0 aliphatic heterocycles. The summed E-state index contributed by atoms with van der Waals surface area (Å²) >= 11 is 1.27. The van der Waals surface area contributed by atoms with Crippen molar-refractivity contribution in [3.8, 4) is 0 Å². The van der Waals surface area contributed by atoms with Crippen molar-refractivity contribution in [2.45, 2.75) is 33.5 Å². The molecule has 0 aliphatic carbocycles. The van der Waals surface area contributed by atoms with Gasteiger partial charge >= 0.3 is 5.69 Å². The molecular formula is C17H20N6O2S. The predicted octanol–water partition coefficient (Wildman–Crippen LogP) is 1.22. The Balaban J connectivity index is 1.72. The number of aryl methyl sites for hydroxylation is 2. The number of benzene rings is 1. The van der Waals surface area contributed by atoms with E-state index in [4.69, 9.17) is 0 Å². The van der Waals surface area contributed by atoms with E-state index in [0.717, 1.165) is 16.1 Å². The van der Waals surface area contributed by atoms with E-state index in [1.807, 2.05) is 37.3 Å². The van der Waals surface area contributed by atoms with Gasteiger partial charge in [-0.3, -0.25) is 9.36 Å². The molecule has 0 atom stereocenters. The highest BCUT2D eigenvalue weighted by atomic mass is 32.1. The Morgan fingerprint density at radius 3 is 2.62 bits per heavy atom. The van der Waals surface area contributed by atoms with Crippen LogP contribution in [0.25, 0.3) is 0 Å². The number of carbonyl (C=O) groups excluding carboxylic acids is 1. The molecule has 0 saturated carbocycles. The fraction of sp³-hybridized carbons (Fsp3) is 0.353. The van der Waals surface area contributed by atoms with Gasteiger partial charge in [0.1, 0.15) is 12.4 Å². The number of hydrogen-bond donors (Lipinski definition) is 0. The van der Waals surface area contributed by atoms with Gasteiger partial charge in [0.05, 0.1) is 23.7 Å². The van der Waals surface area contributed by atoms with Crippen molar-refractivity contribution in [2.24, 2.45) is 0 Å². The largest absolute Gasteiger partial charge is 0.346 e. The second-order valence-corrected chi connectivity index (χ2v) is 6.93. The van der Waals surface area contributed by atoms with E-state index in [9.17, 15) is 9.59 Å². The van der Waals surface area contributed by atoms with Crippen LogP contribution in [0, 0.1) is 13.8 Å². The number of hydrogen-bond acceptors (Lipinski definition) is 6. The maximum Gasteiger partial charge on any atom is 0.346 e. The number of rotatable bonds is 6. The third-order valence-corrected chi connectivity index (χ3v) is 4.94. The normalized spacial score (nSPS) is 10.9. The minimum absolute atomic E-state index is 0.0940. The van der Waals surface area contributed by atoms with Crippen molar-refractivity contribution in [1.82, 2.24) is 28.8 Å². The standard InChI is InChI=1S/C17H20N6O2S/c1-12-15(26-20-18-12)10-21(3)16(24)11-23-17(25)22(13(2)19-23)9-14-7-5-4-6-8-14/h4-8H,9-11H2,1-3H3. The average Bonchev–Trinajstić information content (AvgIpc) is 3.14. The smallest absolute Gasteiger partial charge is 0.339 e. The molecule has 0 spiro atoms. The number of carbonyl (C=O) groups is 1. The van der Waals surface area contributed by atoms with Crippen molar-refractivity contribution in [3.05, 3.63) is 62.8 Å². The topological polar surface area (TPSA) is 85.9 Å². The fourth-order valence-electron chi connectivity index (χ4n) is 2.55. The molecule has 0 saturated heterocycles. The van der Waals surface area contributed by atoms with Gasteiger partial charge in [-0.2, -0.15) is 5.10 Å². The summed E-state index contributed by atoms with van der Waals surface area (Å²) < 4.78 is 6.66. The number of likely N-dealkylation sites (N-methyl/N-ethyl adjacent to an activating group) is 1. The van der Waals surface area contributed by atoms with Gasteiger partial charge in [-0.05, 0) is 30.9 Å². The van der Waals surface area contributed by atoms with Crippen molar-refractivity contribution >= 4 is 17.4 Å². The van der Waals surface area contributed by atoms with E-state index in [2.05, 4.69) is 14.7 Å². The van der Waals surface area contributed by atoms with Crippen LogP contribution >= 0.6 is 11.5 Å². The van der Waals surface area contributed by atoms with Gasteiger partial charge in [0.15, 0.2) is 0 Å². The fourth-order valence-corrected chi connectivity index (χ4v) is 3.23. The molecule has 0 fully saturated rings. The van der Waals surface area contributed by atoms with Crippen LogP contribution in [0.2, 0.25) is 0 Å². The zero-order chi connectivity index (χ0) is 18.7. The van der Waals surface area contributed by atoms with E-state index in [1.165, 1.54) is 16.2 Å². The molecular weight excluding hydrogens is 352 g/mol. The molecule has 0 radical (unpaired) electrons. The van der Waals surface area contributed by atoms with Crippen molar-refractivity contribution < 1.29 is 4.79 Å². The van der Waals surface area contributed by atoms with Crippen molar-refractivity contribution in [2.75, 3.05) is 7.05 Å². The molecule has 2 heterocycles. The Kier molecular flexibility index (Phi) is 5.27. The van der Waals surface area contributed by atoms with Crippen LogP contribution in [0.4, 0.5) is 0 Å². The lowest BCUT2D eigenvalue weighted by molar-refractivity contribution is -0.131. The molecule has 0 N–H and O–H groups in total. The van der Waals surface area contributed by atoms with Crippen LogP contribution in [0.1, 0.15) is 22.0 Å². The molecule has 136 valence electrons. The van der Waals surface area contributed by atoms with E-state index < -0.39 is 0 Å². The van der Waals surface area contributed by atoms with Crippen LogP contribution < -0.4 is 5.69 Å². The Hall–Kier alpha value is -2.81. The van der Waals surface area contributed by atoms with Crippen LogP contribution in [0.3, 0.4) is 0 Å². The molecule has 0 aliphatic rings. The van der Waals surface area contributed by atoms with Crippen LogP contribution in [-0.4, -0.2) is 41.8 Å². The van der Waals surface area contributed by atoms with Gasteiger partial charge in [-0.1, -0.05) is 34.8 Å². The van der Waals surface area contributed by atoms with Gasteiger partial charge in [-0.25, -0.2) is 9.48 Å². The van der Waals surface area contributed by atoms with Gasteiger partial charge in [0.2, 0.25) is 5.91 Å². The summed E-state index contributed by atoms with van der Waals surface area (Å²) in [5.74, 6) is 0.390. The average molecular weight is 372 g/mol. The van der Waals surface area contributed by atoms with Crippen LogP contribution in [0.5, 0.6) is 0 Å². The Labute approximate surface area is 154 Å². The second-order valence-electron chi connectivity index (χ2n) is 6.09. The first kappa shape index (κ1) is 18.0. The molecule has 3 aromatic rings. The third kappa shape index (κ3) is 3.88. The summed E-state index contributed by atoms with van der Waals surface area (Å²) in [6.45, 7) is 4.38. The molecule has 1 aromatic carbocycles. The van der Waals surface area contributed by atoms with E-state index in [-0.39, 0.29) is 18.1 Å². The summed E-state index contributed by atoms with van der Waals surface area (Å²) in [7, 11) is 1.69. The molecule has 0 bridgehead atoms. The highest BCUT2D eigenvalue weighted by Gasteiger charge is 2.17. The molecule has 26 heavy (non-hydrogen) atoms. The Morgan fingerprint density at radius 1 is 1.23 bits per heavy atom. The van der Waals surface area contributed by atoms with Gasteiger partial charge in [0.25, 0.3) is 0 Å². The molecule has 3 rings (SSSR count). The zero-order valence-corrected chi connectivity index (χ0v) is 15.7. The van der Waals surface area contributed by atoms with Crippen molar-refractivity contribution in [3.63, 3.8) is 0 Å². The predicted molar refractivity (Wildman–Crippen MR) is 97.9 cm³/mol. The summed E-state index contributed by atoms with van der Waals surface area (Å²) in [6.07, 6.45) is 0. The van der Waals surface area contributed by atoms with Gasteiger partial charge in [0, 0.05) is 7.05 Å². The summed E-state index contributed by atoms with van der Waals surface area (Å²) in [5.41, 5.74) is 1.53. The second kappa shape index (κ2) is 7.61. The lowest BCUT2D eigenvalue weighted by atomic mass is 10.2. The lowest BCUT2D eigenvalue weighted by Gasteiger charge is -2.15. The van der Waals surface area contributed by atoms with Crippen molar-refractivity contribution in [1.29, 1.82) is 0 Å². The van der Waals surface area contributed by atoms with Crippen LogP contribution in [0.15, 0.2) is 35.1 Å². The minimum atomic E-state index is -0.288. The SMILES string of the molecule is Cc1nnsc1CN(C)C(=O)Cn1nc(C)n(Cc2ccccc2)c1=O. The monoisotopic (exact) mass is 372 g/mol. The molecule has 2 aromatic heterocycles. The first-order valence-electron chi connectivity index (χ1n) is 8.15. The quantitative estimate of drug-likeness (QED) is 0.649. The summed E-state index contributed by atoms with van der Waals surface area (Å²) in [4.78, 5) is 27.5. The third-order valence-electron chi connectivity index (χ3n) is 4.13. The van der Waals surface area contributed by atoms with E-state index in [1.54, 1.807) is 23.4 Å². The first-order valence-corrected chi connectivity index (χ1v) is 8.93. The number of nitrogens with zero attached hydrogens (tertiary/aromatic N) is 6. The maximum absolute atomic E-state index is 12.6. The molecule has 1 amide bonds. The zero-order valence-electron chi connectivity index (χ0n) is 14.9. The Bertz CT molecular complexity index is 959. The maximum atomic E-state index is 12.6. The highest BCUT2D eigenvalue weighted by molar-refractivity contribution is 7.05. The molecule has 9 heteroatoms. The van der Waals surface area contributed by atoms with Gasteiger partial charge in [-0.15, -0.1) is 5.10 Å². The van der Waals surface area contributed by atoms with E-state index >= 15 is 0 Å². The summed E-state index contributed by atoms with van der Waals surface area (Å²) in [5, 5.41) is 8.18. The van der Waals surface area contributed by atoms with Gasteiger partial charge < -0.3 is 4.90 Å². The molecule has 0 unspecified atom stereocenters. The summed E-state index contributed by atoms with van der Waals surface area (Å²) in [6, 6.07) is 9.68. The lowest BCUT2D eigenvalue weighted by Crippen LogP contribution is -2.34. The van der Waals surface area contributed by atoms with Crippen LogP contribution in [-0.2, 0) is 24.4 Å². The molecule has 8 nitrogen and oxygen atoms in total. The highest BCUT2D eigenvalue weighted by Crippen LogP contribution is 2.11. The number of amides is 1. The number of aromatic nitrogens is 5. The Morgan fingerprint density at radius 2 is 1.96 bits per heavy atom. The first-order chi connectivity index (χ1) is 12.5. The van der Waals surface area contributed by atoms with E-state index in [0.29, 0.717) is 18.9 Å².